The molecule has 0 unspecified atom stereocenters. The molecule has 39 heavy (non-hydrogen) atoms. The molecule has 2 aromatic carbocycles. The lowest BCUT2D eigenvalue weighted by Crippen LogP contribution is -2.42. The van der Waals surface area contributed by atoms with Crippen molar-refractivity contribution in [1.82, 2.24) is 19.3 Å². The van der Waals surface area contributed by atoms with E-state index in [9.17, 15) is 14.7 Å². The number of aliphatic carboxylic acids is 1. The minimum atomic E-state index is -0.697. The highest BCUT2D eigenvalue weighted by Crippen LogP contribution is 2.53. The number of fused-ring (bicyclic) bond motifs is 4. The maximum absolute atomic E-state index is 12.7. The van der Waals surface area contributed by atoms with Crippen LogP contribution in [0.5, 0.6) is 0 Å². The second-order valence-corrected chi connectivity index (χ2v) is 11.5. The number of hydrogen-bond acceptors (Lipinski definition) is 5. The number of carbonyl (C=O) groups is 2. The molecule has 0 saturated heterocycles. The Bertz CT molecular complexity index is 1610. The highest BCUT2D eigenvalue weighted by molar-refractivity contribution is 5.95. The number of nitrogens with zero attached hydrogens (tertiary/aromatic N) is 5. The SMILES string of the molecule is COC(=O)N1c2ccc3c(nc(C4(n5ncc6ccccc65)CC4)n3[C@H]3CC[C@H](C(=O)O)CC3)c2CC[C@@H]1C. The second kappa shape index (κ2) is 8.83. The molecule has 7 rings (SSSR count). The lowest BCUT2D eigenvalue weighted by Gasteiger charge is -2.34. The maximum Gasteiger partial charge on any atom is 0.414 e. The van der Waals surface area contributed by atoms with Crippen molar-refractivity contribution in [2.45, 2.75) is 75.9 Å². The number of carboxylic acids is 1. The Labute approximate surface area is 226 Å². The van der Waals surface area contributed by atoms with Gasteiger partial charge in [-0.3, -0.25) is 14.4 Å². The van der Waals surface area contributed by atoms with Crippen molar-refractivity contribution in [3.8, 4) is 0 Å². The third kappa shape index (κ3) is 3.58. The molecule has 2 aromatic heterocycles. The van der Waals surface area contributed by atoms with Crippen LogP contribution in [0, 0.1) is 5.92 Å². The first-order valence-electron chi connectivity index (χ1n) is 14.0. The van der Waals surface area contributed by atoms with Gasteiger partial charge in [-0.05, 0) is 76.5 Å². The van der Waals surface area contributed by atoms with Crippen LogP contribution in [0.2, 0.25) is 0 Å². The van der Waals surface area contributed by atoms with Gasteiger partial charge in [0.15, 0.2) is 0 Å². The summed E-state index contributed by atoms with van der Waals surface area (Å²) in [7, 11) is 1.42. The van der Waals surface area contributed by atoms with Gasteiger partial charge in [0.2, 0.25) is 0 Å². The van der Waals surface area contributed by atoms with E-state index in [-0.39, 0.29) is 29.6 Å². The summed E-state index contributed by atoms with van der Waals surface area (Å²) in [5.74, 6) is 0.0194. The van der Waals surface area contributed by atoms with Gasteiger partial charge in [-0.2, -0.15) is 5.10 Å². The van der Waals surface area contributed by atoms with E-state index in [2.05, 4.69) is 34.4 Å². The molecule has 0 bridgehead atoms. The van der Waals surface area contributed by atoms with Crippen LogP contribution in [0.1, 0.15) is 69.3 Å². The van der Waals surface area contributed by atoms with Gasteiger partial charge >= 0.3 is 12.1 Å². The Morgan fingerprint density at radius 1 is 1.03 bits per heavy atom. The first-order valence-corrected chi connectivity index (χ1v) is 14.0. The summed E-state index contributed by atoms with van der Waals surface area (Å²) in [5, 5.41) is 15.6. The van der Waals surface area contributed by atoms with Crippen LogP contribution in [-0.4, -0.2) is 49.7 Å². The van der Waals surface area contributed by atoms with Crippen LogP contribution in [0.25, 0.3) is 21.9 Å². The molecule has 2 aliphatic carbocycles. The molecule has 0 radical (unpaired) electrons. The van der Waals surface area contributed by atoms with E-state index in [1.807, 2.05) is 24.4 Å². The minimum absolute atomic E-state index is 0.0421. The molecule has 202 valence electrons. The van der Waals surface area contributed by atoms with E-state index in [0.29, 0.717) is 12.8 Å². The molecule has 0 spiro atoms. The monoisotopic (exact) mass is 527 g/mol. The summed E-state index contributed by atoms with van der Waals surface area (Å²) >= 11 is 0. The van der Waals surface area contributed by atoms with Crippen LogP contribution < -0.4 is 4.90 Å². The van der Waals surface area contributed by atoms with Gasteiger partial charge in [0, 0.05) is 23.0 Å². The zero-order valence-electron chi connectivity index (χ0n) is 22.3. The van der Waals surface area contributed by atoms with Crippen molar-refractivity contribution in [1.29, 1.82) is 0 Å². The summed E-state index contributed by atoms with van der Waals surface area (Å²) in [6.07, 6.45) is 8.06. The van der Waals surface area contributed by atoms with Crippen molar-refractivity contribution < 1.29 is 19.4 Å². The molecule has 2 saturated carbocycles. The van der Waals surface area contributed by atoms with Gasteiger partial charge in [-0.1, -0.05) is 18.2 Å². The summed E-state index contributed by atoms with van der Waals surface area (Å²) in [6.45, 7) is 2.05. The zero-order chi connectivity index (χ0) is 26.9. The number of aromatic nitrogens is 4. The Kier molecular flexibility index (Phi) is 5.47. The average Bonchev–Trinajstić information content (AvgIpc) is 3.47. The Morgan fingerprint density at radius 2 is 1.79 bits per heavy atom. The summed E-state index contributed by atoms with van der Waals surface area (Å²) < 4.78 is 9.69. The number of amides is 1. The molecule has 3 heterocycles. The first-order chi connectivity index (χ1) is 18.9. The van der Waals surface area contributed by atoms with Gasteiger partial charge in [0.05, 0.1) is 41.5 Å². The highest BCUT2D eigenvalue weighted by Gasteiger charge is 2.53. The molecule has 1 aliphatic heterocycles. The number of para-hydroxylation sites is 1. The van der Waals surface area contributed by atoms with Crippen LogP contribution in [0.3, 0.4) is 0 Å². The fourth-order valence-corrected chi connectivity index (χ4v) is 7.02. The van der Waals surface area contributed by atoms with E-state index in [4.69, 9.17) is 14.8 Å². The Hall–Kier alpha value is -3.88. The van der Waals surface area contributed by atoms with Gasteiger partial charge in [-0.25, -0.2) is 9.78 Å². The Balaban J connectivity index is 1.42. The quantitative estimate of drug-likeness (QED) is 0.368. The highest BCUT2D eigenvalue weighted by atomic mass is 16.5. The molecular formula is C30H33N5O4. The van der Waals surface area contributed by atoms with Crippen molar-refractivity contribution in [2.24, 2.45) is 5.92 Å². The van der Waals surface area contributed by atoms with Crippen molar-refractivity contribution >= 4 is 39.7 Å². The van der Waals surface area contributed by atoms with Gasteiger partial charge in [0.25, 0.3) is 0 Å². The third-order valence-electron chi connectivity index (χ3n) is 9.26. The third-order valence-corrected chi connectivity index (χ3v) is 9.26. The van der Waals surface area contributed by atoms with Gasteiger partial charge in [0.1, 0.15) is 11.4 Å². The first kappa shape index (κ1) is 24.2. The minimum Gasteiger partial charge on any atom is -0.481 e. The lowest BCUT2D eigenvalue weighted by molar-refractivity contribution is -0.143. The van der Waals surface area contributed by atoms with Gasteiger partial charge < -0.3 is 14.4 Å². The number of carbonyl (C=O) groups excluding carboxylic acids is 1. The smallest absolute Gasteiger partial charge is 0.414 e. The number of carboxylic acid groups (broad SMARTS) is 1. The number of benzene rings is 2. The van der Waals surface area contributed by atoms with Gasteiger partial charge in [-0.15, -0.1) is 0 Å². The topological polar surface area (TPSA) is 102 Å². The maximum atomic E-state index is 12.7. The molecule has 1 amide bonds. The lowest BCUT2D eigenvalue weighted by atomic mass is 9.85. The number of methoxy groups -OCH3 is 1. The number of anilines is 1. The van der Waals surface area contributed by atoms with E-state index >= 15 is 0 Å². The molecule has 3 aliphatic rings. The Morgan fingerprint density at radius 3 is 2.51 bits per heavy atom. The molecule has 2 fully saturated rings. The molecule has 1 N–H and O–H groups in total. The standard InChI is InChI=1S/C30H33N5O4/c1-18-7-12-22-24(33(18)29(38)39-2)13-14-25-26(22)32-28(34(25)21-10-8-19(9-11-21)27(36)37)30(15-16-30)35-23-6-4-3-5-20(23)17-31-35/h3-6,13-14,17-19,21H,7-12,15-16H2,1-2H3,(H,36,37)/t18-,19-,21-/m0/s1. The molecule has 9 heteroatoms. The van der Waals surface area contributed by atoms with E-state index < -0.39 is 5.97 Å². The molecule has 9 nitrogen and oxygen atoms in total. The normalized spacial score (nSPS) is 24.1. The fourth-order valence-electron chi connectivity index (χ4n) is 7.02. The number of rotatable bonds is 4. The van der Waals surface area contributed by atoms with Crippen LogP contribution >= 0.6 is 0 Å². The van der Waals surface area contributed by atoms with E-state index in [0.717, 1.165) is 77.5 Å². The fraction of sp³-hybridized carbons (Fsp3) is 0.467. The van der Waals surface area contributed by atoms with E-state index in [1.165, 1.54) is 7.11 Å². The number of ether oxygens (including phenoxy) is 1. The molecule has 1 atom stereocenters. The van der Waals surface area contributed by atoms with Crippen molar-refractivity contribution in [3.05, 3.63) is 54.0 Å². The summed E-state index contributed by atoms with van der Waals surface area (Å²) in [6, 6.07) is 12.6. The summed E-state index contributed by atoms with van der Waals surface area (Å²) in [4.78, 5) is 31.6. The van der Waals surface area contributed by atoms with E-state index in [1.54, 1.807) is 4.90 Å². The summed E-state index contributed by atoms with van der Waals surface area (Å²) in [5.41, 5.74) is 4.69. The number of hydrogen-bond donors (Lipinski definition) is 1. The number of aryl methyl sites for hydroxylation is 1. The largest absolute Gasteiger partial charge is 0.481 e. The average molecular weight is 528 g/mol. The van der Waals surface area contributed by atoms with Crippen molar-refractivity contribution in [2.75, 3.05) is 12.0 Å². The molecular weight excluding hydrogens is 494 g/mol. The van der Waals surface area contributed by atoms with Crippen LogP contribution in [0.4, 0.5) is 10.5 Å². The second-order valence-electron chi connectivity index (χ2n) is 11.5. The predicted molar refractivity (Wildman–Crippen MR) is 147 cm³/mol. The number of imidazole rings is 1. The predicted octanol–water partition coefficient (Wildman–Crippen LogP) is 5.65. The molecule has 4 aromatic rings. The van der Waals surface area contributed by atoms with Crippen LogP contribution in [-0.2, 0) is 21.5 Å². The zero-order valence-corrected chi connectivity index (χ0v) is 22.3. The van der Waals surface area contributed by atoms with Crippen molar-refractivity contribution in [3.63, 3.8) is 0 Å². The van der Waals surface area contributed by atoms with Crippen LogP contribution in [0.15, 0.2) is 42.6 Å².